The topological polar surface area (TPSA) is 87.7 Å². The fraction of sp³-hybridized carbons (Fsp3) is 0.286. The van der Waals surface area contributed by atoms with E-state index in [1.807, 2.05) is 31.2 Å². The van der Waals surface area contributed by atoms with Crippen molar-refractivity contribution in [2.45, 2.75) is 13.3 Å². The van der Waals surface area contributed by atoms with Crippen molar-refractivity contribution in [3.05, 3.63) is 59.7 Å². The molecule has 148 valence electrons. The van der Waals surface area contributed by atoms with Crippen molar-refractivity contribution < 1.29 is 19.1 Å². The summed E-state index contributed by atoms with van der Waals surface area (Å²) in [5.41, 5.74) is 2.01. The molecule has 3 amide bonds. The number of amides is 3. The van der Waals surface area contributed by atoms with Crippen LogP contribution in [0.2, 0.25) is 0 Å². The molecule has 2 aromatic rings. The maximum absolute atomic E-state index is 12.5. The fourth-order valence-corrected chi connectivity index (χ4v) is 2.45. The number of nitrogens with zero attached hydrogens (tertiary/aromatic N) is 1. The number of para-hydroxylation sites is 2. The number of carbonyl (C=O) groups is 3. The highest BCUT2D eigenvalue weighted by Gasteiger charge is 2.15. The summed E-state index contributed by atoms with van der Waals surface area (Å²) in [6, 6.07) is 14.1. The quantitative estimate of drug-likeness (QED) is 0.731. The van der Waals surface area contributed by atoms with Gasteiger partial charge in [-0.05, 0) is 30.2 Å². The van der Waals surface area contributed by atoms with Gasteiger partial charge in [-0.1, -0.05) is 37.3 Å². The van der Waals surface area contributed by atoms with Crippen molar-refractivity contribution in [2.75, 3.05) is 32.6 Å². The fourth-order valence-electron chi connectivity index (χ4n) is 2.45. The van der Waals surface area contributed by atoms with E-state index in [2.05, 4.69) is 10.6 Å². The van der Waals surface area contributed by atoms with Gasteiger partial charge in [0.1, 0.15) is 5.75 Å². The molecule has 0 bridgehead atoms. The lowest BCUT2D eigenvalue weighted by Gasteiger charge is -2.14. The number of hydrogen-bond acceptors (Lipinski definition) is 4. The highest BCUT2D eigenvalue weighted by molar-refractivity contribution is 6.01. The summed E-state index contributed by atoms with van der Waals surface area (Å²) < 4.78 is 5.46. The molecule has 0 saturated carbocycles. The molecule has 0 radical (unpaired) electrons. The molecule has 28 heavy (non-hydrogen) atoms. The average molecular weight is 383 g/mol. The molecule has 0 atom stereocenters. The van der Waals surface area contributed by atoms with Crippen LogP contribution in [0.4, 0.5) is 5.69 Å². The molecule has 0 spiro atoms. The first kappa shape index (κ1) is 21.0. The molecule has 0 aliphatic rings. The summed E-state index contributed by atoms with van der Waals surface area (Å²) in [5, 5.41) is 5.38. The van der Waals surface area contributed by atoms with Gasteiger partial charge in [0.15, 0.2) is 6.61 Å². The largest absolute Gasteiger partial charge is 0.483 e. The molecule has 0 heterocycles. The van der Waals surface area contributed by atoms with Gasteiger partial charge >= 0.3 is 0 Å². The summed E-state index contributed by atoms with van der Waals surface area (Å²) >= 11 is 0. The molecule has 0 unspecified atom stereocenters. The van der Waals surface area contributed by atoms with E-state index in [4.69, 9.17) is 4.74 Å². The number of hydrogen-bond donors (Lipinski definition) is 2. The van der Waals surface area contributed by atoms with Gasteiger partial charge in [-0.15, -0.1) is 0 Å². The lowest BCUT2D eigenvalue weighted by Crippen LogP contribution is -2.33. The Bertz CT molecular complexity index is 849. The SMILES string of the molecule is CCc1ccccc1NC(=O)CNC(=O)c1ccccc1OCC(=O)N(C)C. The Morgan fingerprint density at radius 3 is 2.39 bits per heavy atom. The van der Waals surface area contributed by atoms with Gasteiger partial charge in [-0.2, -0.15) is 0 Å². The molecule has 0 fully saturated rings. The van der Waals surface area contributed by atoms with E-state index in [0.717, 1.165) is 17.7 Å². The van der Waals surface area contributed by atoms with Crippen molar-refractivity contribution in [3.63, 3.8) is 0 Å². The van der Waals surface area contributed by atoms with Crippen molar-refractivity contribution >= 4 is 23.4 Å². The molecule has 2 N–H and O–H groups in total. The first-order valence-electron chi connectivity index (χ1n) is 9.00. The van der Waals surface area contributed by atoms with E-state index in [9.17, 15) is 14.4 Å². The highest BCUT2D eigenvalue weighted by Crippen LogP contribution is 2.18. The van der Waals surface area contributed by atoms with Crippen LogP contribution in [0.1, 0.15) is 22.8 Å². The minimum Gasteiger partial charge on any atom is -0.483 e. The Hall–Kier alpha value is -3.35. The monoisotopic (exact) mass is 383 g/mol. The predicted octanol–water partition coefficient (Wildman–Crippen LogP) is 2.08. The summed E-state index contributed by atoms with van der Waals surface area (Å²) in [6.45, 7) is 1.65. The lowest BCUT2D eigenvalue weighted by molar-refractivity contribution is -0.130. The van der Waals surface area contributed by atoms with Crippen molar-refractivity contribution in [2.24, 2.45) is 0 Å². The molecule has 0 saturated heterocycles. The maximum atomic E-state index is 12.5. The molecule has 0 aliphatic heterocycles. The molecule has 2 rings (SSSR count). The summed E-state index contributed by atoms with van der Waals surface area (Å²) in [7, 11) is 3.25. The van der Waals surface area contributed by atoms with Crippen LogP contribution in [0.25, 0.3) is 0 Å². The van der Waals surface area contributed by atoms with Crippen molar-refractivity contribution in [3.8, 4) is 5.75 Å². The summed E-state index contributed by atoms with van der Waals surface area (Å²) in [6.07, 6.45) is 0.791. The lowest BCUT2D eigenvalue weighted by atomic mass is 10.1. The van der Waals surface area contributed by atoms with Gasteiger partial charge in [-0.3, -0.25) is 14.4 Å². The van der Waals surface area contributed by atoms with Crippen LogP contribution in [-0.2, 0) is 16.0 Å². The van der Waals surface area contributed by atoms with Crippen molar-refractivity contribution in [1.82, 2.24) is 10.2 Å². The van der Waals surface area contributed by atoms with Gasteiger partial charge in [0, 0.05) is 19.8 Å². The van der Waals surface area contributed by atoms with Crippen LogP contribution < -0.4 is 15.4 Å². The molecule has 0 aliphatic carbocycles. The standard InChI is InChI=1S/C21H25N3O4/c1-4-15-9-5-7-11-17(15)23-19(25)13-22-21(27)16-10-6-8-12-18(16)28-14-20(26)24(2)3/h5-12H,4,13-14H2,1-3H3,(H,22,27)(H,23,25). The van der Waals surface area contributed by atoms with Gasteiger partial charge in [-0.25, -0.2) is 0 Å². The van der Waals surface area contributed by atoms with Crippen LogP contribution in [0.3, 0.4) is 0 Å². The minimum atomic E-state index is -0.452. The third kappa shape index (κ3) is 5.84. The molecular weight excluding hydrogens is 358 g/mol. The van der Waals surface area contributed by atoms with E-state index in [0.29, 0.717) is 0 Å². The Balaban J connectivity index is 1.96. The Labute approximate surface area is 164 Å². The number of benzene rings is 2. The number of carbonyl (C=O) groups excluding carboxylic acids is 3. The van der Waals surface area contributed by atoms with Crippen LogP contribution in [-0.4, -0.2) is 49.9 Å². The number of rotatable bonds is 8. The zero-order valence-electron chi connectivity index (χ0n) is 16.3. The zero-order valence-corrected chi connectivity index (χ0v) is 16.3. The average Bonchev–Trinajstić information content (AvgIpc) is 2.70. The number of ether oxygens (including phenoxy) is 1. The second-order valence-corrected chi connectivity index (χ2v) is 6.31. The third-order valence-corrected chi connectivity index (χ3v) is 4.06. The molecule has 0 aromatic heterocycles. The normalized spacial score (nSPS) is 10.1. The number of anilines is 1. The van der Waals surface area contributed by atoms with E-state index >= 15 is 0 Å². The number of likely N-dealkylation sites (N-methyl/N-ethyl adjacent to an activating group) is 1. The van der Waals surface area contributed by atoms with E-state index in [1.165, 1.54) is 4.90 Å². The second-order valence-electron chi connectivity index (χ2n) is 6.31. The molecule has 2 aromatic carbocycles. The molecular formula is C21H25N3O4. The van der Waals surface area contributed by atoms with Gasteiger partial charge in [0.2, 0.25) is 5.91 Å². The zero-order chi connectivity index (χ0) is 20.5. The Kier molecular flexibility index (Phi) is 7.56. The number of nitrogens with one attached hydrogen (secondary N) is 2. The van der Waals surface area contributed by atoms with E-state index < -0.39 is 5.91 Å². The smallest absolute Gasteiger partial charge is 0.259 e. The van der Waals surface area contributed by atoms with Gasteiger partial charge in [0.25, 0.3) is 11.8 Å². The minimum absolute atomic E-state index is 0.175. The van der Waals surface area contributed by atoms with E-state index in [1.54, 1.807) is 38.4 Å². The second kappa shape index (κ2) is 10.1. The third-order valence-electron chi connectivity index (χ3n) is 4.06. The highest BCUT2D eigenvalue weighted by atomic mass is 16.5. The van der Waals surface area contributed by atoms with E-state index in [-0.39, 0.29) is 36.3 Å². The Morgan fingerprint density at radius 2 is 1.68 bits per heavy atom. The number of aryl methyl sites for hydroxylation is 1. The predicted molar refractivity (Wildman–Crippen MR) is 107 cm³/mol. The summed E-state index contributed by atoms with van der Waals surface area (Å²) in [5.74, 6) is -0.710. The van der Waals surface area contributed by atoms with Crippen LogP contribution in [0.15, 0.2) is 48.5 Å². The van der Waals surface area contributed by atoms with Crippen LogP contribution >= 0.6 is 0 Å². The Morgan fingerprint density at radius 1 is 1.00 bits per heavy atom. The maximum Gasteiger partial charge on any atom is 0.259 e. The van der Waals surface area contributed by atoms with Crippen LogP contribution in [0.5, 0.6) is 5.75 Å². The van der Waals surface area contributed by atoms with Crippen LogP contribution in [0, 0.1) is 0 Å². The summed E-state index contributed by atoms with van der Waals surface area (Å²) in [4.78, 5) is 37.7. The first-order valence-corrected chi connectivity index (χ1v) is 9.00. The van der Waals surface area contributed by atoms with Gasteiger partial charge < -0.3 is 20.3 Å². The first-order chi connectivity index (χ1) is 13.4. The molecule has 7 heteroatoms. The van der Waals surface area contributed by atoms with Gasteiger partial charge in [0.05, 0.1) is 12.1 Å². The molecule has 7 nitrogen and oxygen atoms in total. The van der Waals surface area contributed by atoms with Crippen molar-refractivity contribution in [1.29, 1.82) is 0 Å².